The van der Waals surface area contributed by atoms with Gasteiger partial charge in [-0.2, -0.15) is 0 Å². The highest BCUT2D eigenvalue weighted by Crippen LogP contribution is 2.21. The van der Waals surface area contributed by atoms with Crippen molar-refractivity contribution in [3.8, 4) is 0 Å². The molecule has 0 aromatic heterocycles. The van der Waals surface area contributed by atoms with Gasteiger partial charge in [-0.05, 0) is 24.8 Å². The molecule has 0 spiro atoms. The van der Waals surface area contributed by atoms with Crippen LogP contribution in [0.15, 0.2) is 30.3 Å². The Kier molecular flexibility index (Phi) is 4.59. The SMILES string of the molecule is COC1CCCC1NC(=O)NCc1ccccc1. The number of carbonyl (C=O) groups is 1. The average molecular weight is 248 g/mol. The number of ether oxygens (including phenoxy) is 1. The first kappa shape index (κ1) is 12.9. The second kappa shape index (κ2) is 6.40. The van der Waals surface area contributed by atoms with E-state index < -0.39 is 0 Å². The van der Waals surface area contributed by atoms with Gasteiger partial charge in [-0.1, -0.05) is 30.3 Å². The van der Waals surface area contributed by atoms with Crippen molar-refractivity contribution in [2.75, 3.05) is 7.11 Å². The maximum Gasteiger partial charge on any atom is 0.315 e. The van der Waals surface area contributed by atoms with Crippen molar-refractivity contribution in [2.45, 2.75) is 38.0 Å². The quantitative estimate of drug-likeness (QED) is 0.857. The molecular weight excluding hydrogens is 228 g/mol. The largest absolute Gasteiger partial charge is 0.379 e. The van der Waals surface area contributed by atoms with E-state index in [9.17, 15) is 4.79 Å². The Balaban J connectivity index is 1.75. The smallest absolute Gasteiger partial charge is 0.315 e. The number of carbonyl (C=O) groups excluding carboxylic acids is 1. The van der Waals surface area contributed by atoms with E-state index in [0.717, 1.165) is 24.8 Å². The lowest BCUT2D eigenvalue weighted by atomic mass is 10.2. The van der Waals surface area contributed by atoms with Crippen molar-refractivity contribution < 1.29 is 9.53 Å². The third kappa shape index (κ3) is 3.47. The Hall–Kier alpha value is -1.55. The predicted molar refractivity (Wildman–Crippen MR) is 70.2 cm³/mol. The lowest BCUT2D eigenvalue weighted by Gasteiger charge is -2.19. The molecular formula is C14H20N2O2. The molecule has 0 radical (unpaired) electrons. The van der Waals surface area contributed by atoms with E-state index in [1.54, 1.807) is 7.11 Å². The number of benzene rings is 1. The third-order valence-corrected chi connectivity index (χ3v) is 3.37. The van der Waals surface area contributed by atoms with Crippen LogP contribution >= 0.6 is 0 Å². The zero-order valence-electron chi connectivity index (χ0n) is 10.7. The van der Waals surface area contributed by atoms with Crippen LogP contribution in [0.3, 0.4) is 0 Å². The topological polar surface area (TPSA) is 50.4 Å². The highest BCUT2D eigenvalue weighted by atomic mass is 16.5. The van der Waals surface area contributed by atoms with Crippen molar-refractivity contribution >= 4 is 6.03 Å². The van der Waals surface area contributed by atoms with Crippen LogP contribution in [0.5, 0.6) is 0 Å². The van der Waals surface area contributed by atoms with Crippen molar-refractivity contribution in [3.63, 3.8) is 0 Å². The van der Waals surface area contributed by atoms with Crippen LogP contribution in [0.2, 0.25) is 0 Å². The lowest BCUT2D eigenvalue weighted by molar-refractivity contribution is 0.0875. The van der Waals surface area contributed by atoms with Crippen LogP contribution in [0, 0.1) is 0 Å². The summed E-state index contributed by atoms with van der Waals surface area (Å²) >= 11 is 0. The zero-order valence-corrected chi connectivity index (χ0v) is 10.7. The molecule has 1 aliphatic carbocycles. The first-order valence-electron chi connectivity index (χ1n) is 6.40. The molecule has 2 unspecified atom stereocenters. The van der Waals surface area contributed by atoms with Crippen LogP contribution in [-0.2, 0) is 11.3 Å². The van der Waals surface area contributed by atoms with Crippen molar-refractivity contribution in [3.05, 3.63) is 35.9 Å². The Labute approximate surface area is 108 Å². The minimum absolute atomic E-state index is 0.118. The summed E-state index contributed by atoms with van der Waals surface area (Å²) in [7, 11) is 1.70. The molecule has 0 aliphatic heterocycles. The maximum absolute atomic E-state index is 11.8. The van der Waals surface area contributed by atoms with Gasteiger partial charge in [0.15, 0.2) is 0 Å². The fourth-order valence-corrected chi connectivity index (χ4v) is 2.37. The monoisotopic (exact) mass is 248 g/mol. The van der Waals surface area contributed by atoms with Crippen LogP contribution in [0.4, 0.5) is 4.79 Å². The van der Waals surface area contributed by atoms with Crippen LogP contribution in [0.1, 0.15) is 24.8 Å². The summed E-state index contributed by atoms with van der Waals surface area (Å²) in [4.78, 5) is 11.8. The molecule has 0 saturated heterocycles. The molecule has 1 aromatic rings. The zero-order chi connectivity index (χ0) is 12.8. The van der Waals surface area contributed by atoms with Crippen molar-refractivity contribution in [2.24, 2.45) is 0 Å². The molecule has 18 heavy (non-hydrogen) atoms. The Morgan fingerprint density at radius 2 is 2.11 bits per heavy atom. The van der Waals surface area contributed by atoms with Gasteiger partial charge in [0.1, 0.15) is 0 Å². The van der Waals surface area contributed by atoms with Gasteiger partial charge >= 0.3 is 6.03 Å². The van der Waals surface area contributed by atoms with Gasteiger partial charge in [-0.3, -0.25) is 0 Å². The summed E-state index contributed by atoms with van der Waals surface area (Å²) < 4.78 is 5.34. The van der Waals surface area contributed by atoms with Crippen LogP contribution in [0.25, 0.3) is 0 Å². The predicted octanol–water partition coefficient (Wildman–Crippen LogP) is 2.05. The third-order valence-electron chi connectivity index (χ3n) is 3.37. The van der Waals surface area contributed by atoms with E-state index in [1.807, 2.05) is 30.3 Å². The molecule has 98 valence electrons. The highest BCUT2D eigenvalue weighted by molar-refractivity contribution is 5.74. The summed E-state index contributed by atoms with van der Waals surface area (Å²) in [5, 5.41) is 5.84. The summed E-state index contributed by atoms with van der Waals surface area (Å²) in [5.41, 5.74) is 1.10. The van der Waals surface area contributed by atoms with E-state index in [-0.39, 0.29) is 18.2 Å². The molecule has 4 heteroatoms. The fourth-order valence-electron chi connectivity index (χ4n) is 2.37. The molecule has 2 atom stereocenters. The number of hydrogen-bond donors (Lipinski definition) is 2. The normalized spacial score (nSPS) is 22.7. The number of rotatable bonds is 4. The second-order valence-electron chi connectivity index (χ2n) is 4.62. The van der Waals surface area contributed by atoms with Crippen LogP contribution in [-0.4, -0.2) is 25.3 Å². The fraction of sp³-hybridized carbons (Fsp3) is 0.500. The van der Waals surface area contributed by atoms with E-state index in [0.29, 0.717) is 6.54 Å². The Bertz CT molecular complexity index is 381. The van der Waals surface area contributed by atoms with Gasteiger partial charge in [-0.15, -0.1) is 0 Å². The van der Waals surface area contributed by atoms with E-state index in [2.05, 4.69) is 10.6 Å². The van der Waals surface area contributed by atoms with Crippen molar-refractivity contribution in [1.82, 2.24) is 10.6 Å². The molecule has 1 saturated carbocycles. The summed E-state index contributed by atoms with van der Waals surface area (Å²) in [6.07, 6.45) is 3.30. The van der Waals surface area contributed by atoms with Gasteiger partial charge in [0.05, 0.1) is 12.1 Å². The van der Waals surface area contributed by atoms with Gasteiger partial charge in [0.25, 0.3) is 0 Å². The first-order chi connectivity index (χ1) is 8.79. The first-order valence-corrected chi connectivity index (χ1v) is 6.40. The molecule has 2 amide bonds. The summed E-state index contributed by atoms with van der Waals surface area (Å²) in [6, 6.07) is 9.91. The standard InChI is InChI=1S/C14H20N2O2/c1-18-13-9-5-8-12(13)16-14(17)15-10-11-6-3-2-4-7-11/h2-4,6-7,12-13H,5,8-10H2,1H3,(H2,15,16,17). The van der Waals surface area contributed by atoms with Crippen LogP contribution < -0.4 is 10.6 Å². The molecule has 0 heterocycles. The summed E-state index contributed by atoms with van der Waals surface area (Å²) in [6.45, 7) is 0.553. The molecule has 1 aliphatic rings. The van der Waals surface area contributed by atoms with Gasteiger partial charge in [0, 0.05) is 13.7 Å². The van der Waals surface area contributed by atoms with E-state index in [1.165, 1.54) is 0 Å². The Morgan fingerprint density at radius 3 is 2.83 bits per heavy atom. The molecule has 0 bridgehead atoms. The molecule has 1 fully saturated rings. The number of methoxy groups -OCH3 is 1. The van der Waals surface area contributed by atoms with E-state index >= 15 is 0 Å². The van der Waals surface area contributed by atoms with Crippen molar-refractivity contribution in [1.29, 1.82) is 0 Å². The average Bonchev–Trinajstić information content (AvgIpc) is 2.85. The van der Waals surface area contributed by atoms with Gasteiger partial charge < -0.3 is 15.4 Å². The number of hydrogen-bond acceptors (Lipinski definition) is 2. The summed E-state index contributed by atoms with van der Waals surface area (Å²) in [5.74, 6) is 0. The minimum Gasteiger partial charge on any atom is -0.379 e. The molecule has 2 N–H and O–H groups in total. The van der Waals surface area contributed by atoms with Gasteiger partial charge in [-0.25, -0.2) is 4.79 Å². The Morgan fingerprint density at radius 1 is 1.33 bits per heavy atom. The lowest BCUT2D eigenvalue weighted by Crippen LogP contribution is -2.45. The maximum atomic E-state index is 11.8. The molecule has 2 rings (SSSR count). The molecule has 4 nitrogen and oxygen atoms in total. The number of urea groups is 1. The minimum atomic E-state index is -0.118. The number of amides is 2. The van der Waals surface area contributed by atoms with Gasteiger partial charge in [0.2, 0.25) is 0 Å². The second-order valence-corrected chi connectivity index (χ2v) is 4.62. The molecule has 1 aromatic carbocycles. The van der Waals surface area contributed by atoms with E-state index in [4.69, 9.17) is 4.74 Å². The highest BCUT2D eigenvalue weighted by Gasteiger charge is 2.28. The number of nitrogens with one attached hydrogen (secondary N) is 2.